The summed E-state index contributed by atoms with van der Waals surface area (Å²) in [6.07, 6.45) is 7.20. The molecular formula is C28H22N2O4. The molecule has 0 unspecified atom stereocenters. The van der Waals surface area contributed by atoms with Gasteiger partial charge in [-0.15, -0.1) is 0 Å². The zero-order valence-electron chi connectivity index (χ0n) is 19.2. The summed E-state index contributed by atoms with van der Waals surface area (Å²) in [5.74, 6) is 7.18. The largest absolute Gasteiger partial charge is 0.461 e. The molecule has 3 heterocycles. The third-order valence-corrected chi connectivity index (χ3v) is 5.33. The van der Waals surface area contributed by atoms with Crippen LogP contribution in [0.4, 0.5) is 0 Å². The molecule has 168 valence electrons. The van der Waals surface area contributed by atoms with E-state index in [-0.39, 0.29) is 11.0 Å². The fourth-order valence-electron chi connectivity index (χ4n) is 3.49. The van der Waals surface area contributed by atoms with Gasteiger partial charge in [0.05, 0.1) is 18.8 Å². The van der Waals surface area contributed by atoms with Gasteiger partial charge in [0.25, 0.3) is 0 Å². The third kappa shape index (κ3) is 4.86. The van der Waals surface area contributed by atoms with E-state index in [2.05, 4.69) is 11.8 Å². The van der Waals surface area contributed by atoms with E-state index in [0.29, 0.717) is 47.9 Å². The molecule has 34 heavy (non-hydrogen) atoms. The van der Waals surface area contributed by atoms with Crippen molar-refractivity contribution in [3.8, 4) is 24.0 Å². The lowest BCUT2D eigenvalue weighted by Crippen LogP contribution is -2.15. The second kappa shape index (κ2) is 9.28. The number of nitrogens with zero attached hydrogens (tertiary/aromatic N) is 2. The first-order chi connectivity index (χ1) is 16.3. The SMILES string of the molecule is CC(C)(C)C1=CC(=C(C#N)C#N)C=C(/C=C/c2cc3cc4c(cc3oc2=O)C#CCCOC4)O1. The summed E-state index contributed by atoms with van der Waals surface area (Å²) in [7, 11) is 0. The van der Waals surface area contributed by atoms with Crippen molar-refractivity contribution >= 4 is 17.0 Å². The second-order valence-corrected chi connectivity index (χ2v) is 8.94. The minimum atomic E-state index is -0.493. The van der Waals surface area contributed by atoms with E-state index in [1.165, 1.54) is 0 Å². The van der Waals surface area contributed by atoms with Crippen LogP contribution in [0, 0.1) is 39.9 Å². The van der Waals surface area contributed by atoms with Crippen molar-refractivity contribution in [1.29, 1.82) is 10.5 Å². The molecule has 0 bridgehead atoms. The van der Waals surface area contributed by atoms with Gasteiger partial charge >= 0.3 is 5.63 Å². The molecular weight excluding hydrogens is 428 g/mol. The molecule has 0 saturated heterocycles. The Labute approximate surface area is 197 Å². The maximum absolute atomic E-state index is 12.6. The number of rotatable bonds is 2. The number of allylic oxidation sites excluding steroid dienone is 6. The maximum Gasteiger partial charge on any atom is 0.343 e. The number of ether oxygens (including phenoxy) is 2. The molecule has 6 heteroatoms. The molecule has 1 aromatic carbocycles. The Morgan fingerprint density at radius 1 is 1.12 bits per heavy atom. The zero-order valence-corrected chi connectivity index (χ0v) is 19.2. The summed E-state index contributed by atoms with van der Waals surface area (Å²) in [6, 6.07) is 9.28. The van der Waals surface area contributed by atoms with Gasteiger partial charge in [-0.3, -0.25) is 0 Å². The van der Waals surface area contributed by atoms with Crippen LogP contribution in [0.5, 0.6) is 0 Å². The molecule has 2 aliphatic rings. The van der Waals surface area contributed by atoms with Crippen LogP contribution in [-0.4, -0.2) is 6.61 Å². The molecule has 2 aromatic rings. The van der Waals surface area contributed by atoms with Crippen molar-refractivity contribution in [3.05, 3.63) is 86.2 Å². The van der Waals surface area contributed by atoms with Crippen LogP contribution in [0.1, 0.15) is 43.9 Å². The topological polar surface area (TPSA) is 96.2 Å². The van der Waals surface area contributed by atoms with Crippen molar-refractivity contribution in [2.45, 2.75) is 33.8 Å². The Hall–Kier alpha value is -4.31. The fourth-order valence-corrected chi connectivity index (χ4v) is 3.49. The highest BCUT2D eigenvalue weighted by atomic mass is 16.5. The van der Waals surface area contributed by atoms with E-state index >= 15 is 0 Å². The summed E-state index contributed by atoms with van der Waals surface area (Å²) < 4.78 is 17.2. The van der Waals surface area contributed by atoms with E-state index in [9.17, 15) is 15.3 Å². The van der Waals surface area contributed by atoms with Crippen LogP contribution in [0.25, 0.3) is 17.0 Å². The Morgan fingerprint density at radius 2 is 1.91 bits per heavy atom. The molecule has 0 aliphatic carbocycles. The van der Waals surface area contributed by atoms with E-state index in [4.69, 9.17) is 13.9 Å². The van der Waals surface area contributed by atoms with Crippen LogP contribution in [0.2, 0.25) is 0 Å². The molecule has 0 fully saturated rings. The van der Waals surface area contributed by atoms with Gasteiger partial charge in [0.15, 0.2) is 0 Å². The predicted octanol–water partition coefficient (Wildman–Crippen LogP) is 5.27. The van der Waals surface area contributed by atoms with Gasteiger partial charge in [0.2, 0.25) is 0 Å². The van der Waals surface area contributed by atoms with Crippen LogP contribution >= 0.6 is 0 Å². The molecule has 6 nitrogen and oxygen atoms in total. The highest BCUT2D eigenvalue weighted by molar-refractivity contribution is 5.81. The first-order valence-electron chi connectivity index (χ1n) is 10.8. The fraction of sp³-hybridized carbons (Fsp3) is 0.250. The number of nitriles is 2. The Balaban J connectivity index is 1.73. The van der Waals surface area contributed by atoms with Crippen molar-refractivity contribution in [1.82, 2.24) is 0 Å². The van der Waals surface area contributed by atoms with E-state index < -0.39 is 5.63 Å². The Kier molecular flexibility index (Phi) is 6.24. The van der Waals surface area contributed by atoms with Crippen molar-refractivity contribution in [2.75, 3.05) is 6.61 Å². The average Bonchev–Trinajstić information content (AvgIpc) is 2.78. The van der Waals surface area contributed by atoms with E-state index in [0.717, 1.165) is 16.5 Å². The zero-order chi connectivity index (χ0) is 24.3. The lowest BCUT2D eigenvalue weighted by molar-refractivity contribution is 0.126. The smallest absolute Gasteiger partial charge is 0.343 e. The van der Waals surface area contributed by atoms with Gasteiger partial charge in [0.1, 0.15) is 34.8 Å². The predicted molar refractivity (Wildman–Crippen MR) is 128 cm³/mol. The van der Waals surface area contributed by atoms with Gasteiger partial charge < -0.3 is 13.9 Å². The minimum Gasteiger partial charge on any atom is -0.461 e. The highest BCUT2D eigenvalue weighted by Gasteiger charge is 2.24. The molecule has 0 spiro atoms. The summed E-state index contributed by atoms with van der Waals surface area (Å²) in [4.78, 5) is 12.6. The number of fused-ring (bicyclic) bond motifs is 2. The monoisotopic (exact) mass is 450 g/mol. The normalized spacial score (nSPS) is 15.5. The van der Waals surface area contributed by atoms with Crippen LogP contribution in [0.3, 0.4) is 0 Å². The molecule has 0 radical (unpaired) electrons. The van der Waals surface area contributed by atoms with Crippen LogP contribution < -0.4 is 5.63 Å². The molecule has 2 aliphatic heterocycles. The summed E-state index contributed by atoms with van der Waals surface area (Å²) >= 11 is 0. The molecule has 1 aromatic heterocycles. The van der Waals surface area contributed by atoms with Gasteiger partial charge in [-0.25, -0.2) is 4.79 Å². The molecule has 0 N–H and O–H groups in total. The number of benzene rings is 1. The second-order valence-electron chi connectivity index (χ2n) is 8.94. The summed E-state index contributed by atoms with van der Waals surface area (Å²) in [5, 5.41) is 19.4. The van der Waals surface area contributed by atoms with E-state index in [1.807, 2.05) is 39.0 Å². The van der Waals surface area contributed by atoms with Crippen molar-refractivity contribution < 1.29 is 13.9 Å². The number of hydrogen-bond donors (Lipinski definition) is 0. The molecule has 0 saturated carbocycles. The first kappa shape index (κ1) is 22.9. The summed E-state index contributed by atoms with van der Waals surface area (Å²) in [6.45, 7) is 6.94. The first-order valence-corrected chi connectivity index (χ1v) is 10.8. The number of hydrogen-bond acceptors (Lipinski definition) is 6. The molecule has 0 amide bonds. The van der Waals surface area contributed by atoms with Crippen molar-refractivity contribution in [3.63, 3.8) is 0 Å². The minimum absolute atomic E-state index is 0.0111. The molecule has 4 rings (SSSR count). The third-order valence-electron chi connectivity index (χ3n) is 5.33. The molecule has 0 atom stereocenters. The Bertz CT molecular complexity index is 1480. The standard InChI is InChI=1S/C28H22N2O4/c1-28(2,3)26-14-20(23(15-29)16-30)12-24(33-26)8-7-19-10-21-11-22-17-32-9-5-4-6-18(22)13-25(21)34-27(19)31/h7-8,10-14H,5,9,17H2,1-3H3/b8-7+. The average molecular weight is 450 g/mol. The van der Waals surface area contributed by atoms with Gasteiger partial charge in [-0.05, 0) is 48.1 Å². The van der Waals surface area contributed by atoms with Gasteiger partial charge in [0, 0.05) is 28.4 Å². The van der Waals surface area contributed by atoms with Crippen LogP contribution in [0.15, 0.2) is 68.3 Å². The summed E-state index contributed by atoms with van der Waals surface area (Å²) in [5.41, 5.74) is 2.15. The van der Waals surface area contributed by atoms with Crippen LogP contribution in [-0.2, 0) is 16.1 Å². The lowest BCUT2D eigenvalue weighted by Gasteiger charge is -2.26. The van der Waals surface area contributed by atoms with Gasteiger partial charge in [-0.1, -0.05) is 32.6 Å². The highest BCUT2D eigenvalue weighted by Crippen LogP contribution is 2.34. The van der Waals surface area contributed by atoms with Gasteiger partial charge in [-0.2, -0.15) is 10.5 Å². The van der Waals surface area contributed by atoms with E-state index in [1.54, 1.807) is 36.4 Å². The Morgan fingerprint density at radius 3 is 2.65 bits per heavy atom. The lowest BCUT2D eigenvalue weighted by atomic mass is 9.90. The quantitative estimate of drug-likeness (QED) is 0.351. The maximum atomic E-state index is 12.6. The van der Waals surface area contributed by atoms with Crippen molar-refractivity contribution in [2.24, 2.45) is 5.41 Å².